The van der Waals surface area contributed by atoms with Crippen LogP contribution in [0.3, 0.4) is 0 Å². The Hall–Kier alpha value is 1.06. The molecule has 0 saturated carbocycles. The number of hydrogen-bond acceptors (Lipinski definition) is 2. The Morgan fingerprint density at radius 3 is 1.25 bits per heavy atom. The first kappa shape index (κ1) is 5.06. The Labute approximate surface area is 52.1 Å². The SMILES string of the molecule is IN=NI. The summed E-state index contributed by atoms with van der Waals surface area (Å²) < 4.78 is 6.64. The van der Waals surface area contributed by atoms with Gasteiger partial charge in [-0.25, -0.2) is 0 Å². The smallest absolute Gasteiger partial charge is 0.112 e. The largest absolute Gasteiger partial charge is 0.112 e. The van der Waals surface area contributed by atoms with E-state index >= 15 is 0 Å². The minimum absolute atomic E-state index is 1.80. The molecule has 0 spiro atoms. The maximum absolute atomic E-state index is 3.32. The number of nitrogens with zero attached hydrogens (tertiary/aromatic N) is 2. The lowest BCUT2D eigenvalue weighted by atomic mass is 13.3. The topological polar surface area (TPSA) is 24.7 Å². The van der Waals surface area contributed by atoms with Gasteiger partial charge in [0.1, 0.15) is 45.7 Å². The second-order valence-electron chi connectivity index (χ2n) is 0.151. The van der Waals surface area contributed by atoms with Crippen molar-refractivity contribution in [2.24, 2.45) is 6.66 Å². The Morgan fingerprint density at radius 2 is 1.25 bits per heavy atom. The van der Waals surface area contributed by atoms with Crippen LogP contribution in [0.2, 0.25) is 0 Å². The van der Waals surface area contributed by atoms with E-state index in [1.54, 1.807) is 45.7 Å². The van der Waals surface area contributed by atoms with Crippen molar-refractivity contribution in [2.75, 3.05) is 0 Å². The van der Waals surface area contributed by atoms with E-state index in [9.17, 15) is 0 Å². The normalized spacial score (nSPS) is 9.50. The van der Waals surface area contributed by atoms with Crippen molar-refractivity contribution in [3.05, 3.63) is 0 Å². The summed E-state index contributed by atoms with van der Waals surface area (Å²) in [6.07, 6.45) is 0. The molecule has 0 bridgehead atoms. The third-order valence-corrected chi connectivity index (χ3v) is 1.29. The van der Waals surface area contributed by atoms with E-state index in [0.717, 1.165) is 0 Å². The molecule has 0 unspecified atom stereocenters. The molecule has 0 atom stereocenters. The monoisotopic (exact) mass is 282 g/mol. The highest BCUT2D eigenvalue weighted by atomic mass is 127. The number of hydrogen-bond donors (Lipinski definition) is 0. The van der Waals surface area contributed by atoms with Gasteiger partial charge in [-0.15, -0.1) is 6.66 Å². The van der Waals surface area contributed by atoms with Crippen LogP contribution in [0, 0.1) is 0 Å². The van der Waals surface area contributed by atoms with Crippen LogP contribution >= 0.6 is 45.7 Å². The molecule has 0 saturated heterocycles. The summed E-state index contributed by atoms with van der Waals surface area (Å²) in [7, 11) is 0. The molecule has 4 heavy (non-hydrogen) atoms. The molecule has 0 aromatic carbocycles. The zero-order valence-corrected chi connectivity index (χ0v) is 5.97. The standard InChI is InChI=1S/I2N2/c1-3-4-2. The Morgan fingerprint density at radius 1 is 1.00 bits per heavy atom. The van der Waals surface area contributed by atoms with Gasteiger partial charge in [-0.05, 0) is 0 Å². The predicted octanol–water partition coefficient (Wildman–Crippen LogP) is 2.14. The van der Waals surface area contributed by atoms with Crippen molar-refractivity contribution in [3.63, 3.8) is 0 Å². The molecule has 0 amide bonds. The highest BCUT2D eigenvalue weighted by molar-refractivity contribution is 14.1. The van der Waals surface area contributed by atoms with E-state index in [-0.39, 0.29) is 0 Å². The summed E-state index contributed by atoms with van der Waals surface area (Å²) in [5.74, 6) is 0. The van der Waals surface area contributed by atoms with Gasteiger partial charge in [-0.1, -0.05) is 0 Å². The first-order valence-corrected chi connectivity index (χ1v) is 2.47. The van der Waals surface area contributed by atoms with E-state index in [0.29, 0.717) is 0 Å². The van der Waals surface area contributed by atoms with E-state index in [2.05, 4.69) is 6.66 Å². The average Bonchev–Trinajstić information content (AvgIpc) is 1.37. The third-order valence-electron chi connectivity index (χ3n) is 0.0286. The Balaban J connectivity index is 2.55. The molecule has 0 aliphatic heterocycles. The lowest BCUT2D eigenvalue weighted by molar-refractivity contribution is 1.64. The molecule has 0 fully saturated rings. The van der Waals surface area contributed by atoms with Crippen LogP contribution in [-0.2, 0) is 0 Å². The van der Waals surface area contributed by atoms with Gasteiger partial charge in [0.2, 0.25) is 0 Å². The van der Waals surface area contributed by atoms with Crippen molar-refractivity contribution in [1.82, 2.24) is 0 Å². The van der Waals surface area contributed by atoms with Gasteiger partial charge >= 0.3 is 0 Å². The first-order valence-electron chi connectivity index (χ1n) is 0.538. The fourth-order valence-corrected chi connectivity index (χ4v) is 0. The fraction of sp³-hybridized carbons (Fsp3) is 0. The van der Waals surface area contributed by atoms with Crippen LogP contribution in [0.4, 0.5) is 0 Å². The summed E-state index contributed by atoms with van der Waals surface area (Å²) in [4.78, 5) is 0. The summed E-state index contributed by atoms with van der Waals surface area (Å²) >= 11 is 3.60. The van der Waals surface area contributed by atoms with Crippen molar-refractivity contribution >= 4 is 45.7 Å². The lowest BCUT2D eigenvalue weighted by Gasteiger charge is -1.46. The highest BCUT2D eigenvalue weighted by Gasteiger charge is 1.38. The predicted molar refractivity (Wildman–Crippen MR) is 32.9 cm³/mol. The molecular weight excluding hydrogens is 282 g/mol. The molecule has 0 aliphatic rings. The van der Waals surface area contributed by atoms with Crippen molar-refractivity contribution in [1.29, 1.82) is 0 Å². The molecule has 0 rings (SSSR count). The van der Waals surface area contributed by atoms with Crippen LogP contribution in [-0.4, -0.2) is 0 Å². The maximum Gasteiger partial charge on any atom is 0.112 e. The summed E-state index contributed by atoms with van der Waals surface area (Å²) in [5.41, 5.74) is 0. The number of rotatable bonds is 0. The maximum atomic E-state index is 3.32. The molecule has 4 heteroatoms. The average molecular weight is 282 g/mol. The molecule has 2 nitrogen and oxygen atoms in total. The number of halogens is 2. The minimum atomic E-state index is 1.80. The summed E-state index contributed by atoms with van der Waals surface area (Å²) in [5, 5.41) is 0. The molecule has 0 aliphatic carbocycles. The van der Waals surface area contributed by atoms with Crippen LogP contribution in [0.5, 0.6) is 0 Å². The van der Waals surface area contributed by atoms with Gasteiger partial charge in [-0.2, -0.15) is 0 Å². The van der Waals surface area contributed by atoms with Gasteiger partial charge in [0, 0.05) is 0 Å². The molecule has 0 heterocycles. The first-order chi connectivity index (χ1) is 1.91. The molecule has 0 N–H and O–H groups in total. The van der Waals surface area contributed by atoms with Gasteiger partial charge < -0.3 is 0 Å². The van der Waals surface area contributed by atoms with Crippen molar-refractivity contribution < 1.29 is 0 Å². The van der Waals surface area contributed by atoms with Crippen LogP contribution < -0.4 is 0 Å². The van der Waals surface area contributed by atoms with Crippen LogP contribution in [0.15, 0.2) is 6.66 Å². The molecule has 0 aromatic heterocycles. The third kappa shape index (κ3) is 3.06. The zero-order chi connectivity index (χ0) is 3.41. The van der Waals surface area contributed by atoms with E-state index in [1.165, 1.54) is 0 Å². The molecule has 0 aromatic rings. The van der Waals surface area contributed by atoms with E-state index in [4.69, 9.17) is 0 Å². The Bertz CT molecular complexity index is 19.2. The van der Waals surface area contributed by atoms with Crippen molar-refractivity contribution in [3.8, 4) is 0 Å². The van der Waals surface area contributed by atoms with E-state index in [1.807, 2.05) is 0 Å². The second-order valence-corrected chi connectivity index (χ2v) is 1.01. The zero-order valence-electron chi connectivity index (χ0n) is 1.65. The van der Waals surface area contributed by atoms with Gasteiger partial charge in [-0.3, -0.25) is 0 Å². The van der Waals surface area contributed by atoms with Gasteiger partial charge in [0.05, 0.1) is 0 Å². The summed E-state index contributed by atoms with van der Waals surface area (Å²) in [6, 6.07) is 0. The molecular formula is I2N2. The van der Waals surface area contributed by atoms with Gasteiger partial charge in [0.25, 0.3) is 0 Å². The van der Waals surface area contributed by atoms with Crippen LogP contribution in [0.25, 0.3) is 0 Å². The lowest BCUT2D eigenvalue weighted by Crippen LogP contribution is -1.04. The van der Waals surface area contributed by atoms with Crippen LogP contribution in [0.1, 0.15) is 0 Å². The molecule has 0 radical (unpaired) electrons. The highest BCUT2D eigenvalue weighted by Crippen LogP contribution is 1.89. The van der Waals surface area contributed by atoms with Gasteiger partial charge in [0.15, 0.2) is 0 Å². The second kappa shape index (κ2) is 4.06. The van der Waals surface area contributed by atoms with E-state index < -0.39 is 0 Å². The minimum Gasteiger partial charge on any atom is -0.112 e. The fourth-order valence-electron chi connectivity index (χ4n) is 0. The van der Waals surface area contributed by atoms with Crippen molar-refractivity contribution in [2.45, 2.75) is 0 Å². The molecule has 24 valence electrons. The quantitative estimate of drug-likeness (QED) is 0.480. The summed E-state index contributed by atoms with van der Waals surface area (Å²) in [6.45, 7) is 0. The Kier molecular flexibility index (Phi) is 5.14.